The Morgan fingerprint density at radius 1 is 1.46 bits per heavy atom. The summed E-state index contributed by atoms with van der Waals surface area (Å²) in [6.07, 6.45) is 4.51. The molecule has 1 fully saturated rings. The molecule has 4 heteroatoms. The molecule has 0 aliphatic heterocycles. The molecule has 4 nitrogen and oxygen atoms in total. The van der Waals surface area contributed by atoms with E-state index in [0.717, 1.165) is 25.7 Å². The van der Waals surface area contributed by atoms with E-state index in [2.05, 4.69) is 5.48 Å². The van der Waals surface area contributed by atoms with E-state index in [1.807, 2.05) is 0 Å². The van der Waals surface area contributed by atoms with Crippen molar-refractivity contribution in [2.75, 3.05) is 0 Å². The molecule has 0 unspecified atom stereocenters. The number of hydroxylamine groups is 1. The van der Waals surface area contributed by atoms with Crippen molar-refractivity contribution in [1.29, 1.82) is 0 Å². The lowest BCUT2D eigenvalue weighted by Crippen LogP contribution is -2.35. The Morgan fingerprint density at radius 3 is 2.62 bits per heavy atom. The fraction of sp³-hybridized carbons (Fsp3) is 0.889. The van der Waals surface area contributed by atoms with E-state index in [-0.39, 0.29) is 12.0 Å². The molecular formula is C9H18N2O2. The molecular weight excluding hydrogens is 168 g/mol. The van der Waals surface area contributed by atoms with Gasteiger partial charge in [0.05, 0.1) is 6.10 Å². The van der Waals surface area contributed by atoms with Crippen molar-refractivity contribution in [2.45, 2.75) is 51.2 Å². The summed E-state index contributed by atoms with van der Waals surface area (Å²) in [6, 6.07) is 0.321. The predicted molar refractivity (Wildman–Crippen MR) is 49.8 cm³/mol. The van der Waals surface area contributed by atoms with Crippen molar-refractivity contribution in [1.82, 2.24) is 5.48 Å². The average Bonchev–Trinajstić information content (AvgIpc) is 2.16. The minimum absolute atomic E-state index is 0.0603. The van der Waals surface area contributed by atoms with Crippen LogP contribution in [0.1, 0.15) is 39.0 Å². The van der Waals surface area contributed by atoms with Crippen molar-refractivity contribution in [3.63, 3.8) is 0 Å². The first-order valence-corrected chi connectivity index (χ1v) is 4.92. The number of rotatable bonds is 3. The summed E-state index contributed by atoms with van der Waals surface area (Å²) in [5, 5.41) is 0. The quantitative estimate of drug-likeness (QED) is 0.638. The SMILES string of the molecule is CCC(=O)NOC1CCC(N)CC1. The fourth-order valence-electron chi connectivity index (χ4n) is 1.43. The molecule has 0 saturated heterocycles. The molecule has 3 N–H and O–H groups in total. The van der Waals surface area contributed by atoms with E-state index in [9.17, 15) is 4.79 Å². The molecule has 0 aromatic carbocycles. The number of amides is 1. The first-order valence-electron chi connectivity index (χ1n) is 4.92. The van der Waals surface area contributed by atoms with Crippen LogP contribution in [0.5, 0.6) is 0 Å². The van der Waals surface area contributed by atoms with Crippen molar-refractivity contribution < 1.29 is 9.63 Å². The number of nitrogens with two attached hydrogens (primary N) is 1. The van der Waals surface area contributed by atoms with Gasteiger partial charge in [-0.25, -0.2) is 5.48 Å². The number of carbonyl (C=O) groups is 1. The molecule has 1 saturated carbocycles. The second-order valence-electron chi connectivity index (χ2n) is 3.53. The van der Waals surface area contributed by atoms with Crippen LogP contribution in [0.3, 0.4) is 0 Å². The van der Waals surface area contributed by atoms with Gasteiger partial charge >= 0.3 is 0 Å². The third-order valence-electron chi connectivity index (χ3n) is 2.38. The van der Waals surface area contributed by atoms with Gasteiger partial charge in [-0.1, -0.05) is 6.92 Å². The fourth-order valence-corrected chi connectivity index (χ4v) is 1.43. The Morgan fingerprint density at radius 2 is 2.08 bits per heavy atom. The van der Waals surface area contributed by atoms with Crippen LogP contribution < -0.4 is 11.2 Å². The lowest BCUT2D eigenvalue weighted by Gasteiger charge is -2.25. The molecule has 0 radical (unpaired) electrons. The van der Waals surface area contributed by atoms with Crippen molar-refractivity contribution in [3.8, 4) is 0 Å². The Hall–Kier alpha value is -0.610. The zero-order chi connectivity index (χ0) is 9.68. The standard InChI is InChI=1S/C9H18N2O2/c1-2-9(12)11-13-8-5-3-7(10)4-6-8/h7-8H,2-6,10H2,1H3,(H,11,12). The summed E-state index contributed by atoms with van der Waals surface area (Å²) in [5.74, 6) is -0.0603. The lowest BCUT2D eigenvalue weighted by molar-refractivity contribution is -0.139. The summed E-state index contributed by atoms with van der Waals surface area (Å²) in [4.78, 5) is 16.1. The van der Waals surface area contributed by atoms with Gasteiger partial charge in [-0.15, -0.1) is 0 Å². The zero-order valence-electron chi connectivity index (χ0n) is 8.08. The number of carbonyl (C=O) groups excluding carboxylic acids is 1. The Kier molecular flexibility index (Phi) is 4.18. The van der Waals surface area contributed by atoms with Crippen LogP contribution in [0, 0.1) is 0 Å². The van der Waals surface area contributed by atoms with Gasteiger partial charge in [0, 0.05) is 12.5 Å². The van der Waals surface area contributed by atoms with E-state index in [4.69, 9.17) is 10.6 Å². The van der Waals surface area contributed by atoms with Gasteiger partial charge in [0.2, 0.25) is 5.91 Å². The van der Waals surface area contributed by atoms with Crippen LogP contribution in [0.25, 0.3) is 0 Å². The topological polar surface area (TPSA) is 64.3 Å². The first kappa shape index (κ1) is 10.5. The summed E-state index contributed by atoms with van der Waals surface area (Å²) in [5.41, 5.74) is 8.17. The van der Waals surface area contributed by atoms with Gasteiger partial charge in [-0.05, 0) is 25.7 Å². The minimum Gasteiger partial charge on any atom is -0.328 e. The van der Waals surface area contributed by atoms with E-state index < -0.39 is 0 Å². The van der Waals surface area contributed by atoms with Gasteiger partial charge in [-0.3, -0.25) is 9.63 Å². The molecule has 1 rings (SSSR count). The predicted octanol–water partition coefficient (Wildman–Crippen LogP) is 0.714. The van der Waals surface area contributed by atoms with Crippen LogP contribution in [0.4, 0.5) is 0 Å². The monoisotopic (exact) mass is 186 g/mol. The molecule has 13 heavy (non-hydrogen) atoms. The van der Waals surface area contributed by atoms with Gasteiger partial charge < -0.3 is 5.73 Å². The third kappa shape index (κ3) is 3.74. The molecule has 0 atom stereocenters. The average molecular weight is 186 g/mol. The minimum atomic E-state index is -0.0603. The van der Waals surface area contributed by atoms with Crippen LogP contribution in [-0.2, 0) is 9.63 Å². The molecule has 76 valence electrons. The van der Waals surface area contributed by atoms with Crippen molar-refractivity contribution in [3.05, 3.63) is 0 Å². The second kappa shape index (κ2) is 5.19. The molecule has 0 aromatic rings. The van der Waals surface area contributed by atoms with E-state index >= 15 is 0 Å². The van der Waals surface area contributed by atoms with Gasteiger partial charge in [-0.2, -0.15) is 0 Å². The van der Waals surface area contributed by atoms with Crippen LogP contribution in [0.2, 0.25) is 0 Å². The molecule has 1 aliphatic rings. The smallest absolute Gasteiger partial charge is 0.243 e. The highest BCUT2D eigenvalue weighted by molar-refractivity contribution is 5.74. The first-order chi connectivity index (χ1) is 6.22. The molecule has 1 aliphatic carbocycles. The van der Waals surface area contributed by atoms with Crippen LogP contribution in [-0.4, -0.2) is 18.1 Å². The lowest BCUT2D eigenvalue weighted by atomic mass is 9.94. The molecule has 0 aromatic heterocycles. The Labute approximate surface area is 78.8 Å². The maximum Gasteiger partial charge on any atom is 0.243 e. The van der Waals surface area contributed by atoms with Gasteiger partial charge in [0.25, 0.3) is 0 Å². The Balaban J connectivity index is 2.12. The number of nitrogens with one attached hydrogen (secondary N) is 1. The summed E-state index contributed by atoms with van der Waals surface area (Å²) < 4.78 is 0. The zero-order valence-corrected chi connectivity index (χ0v) is 8.08. The summed E-state index contributed by atoms with van der Waals surface area (Å²) in [6.45, 7) is 1.80. The molecule has 0 bridgehead atoms. The van der Waals surface area contributed by atoms with Crippen LogP contribution in [0.15, 0.2) is 0 Å². The molecule has 0 spiro atoms. The van der Waals surface area contributed by atoms with Crippen LogP contribution >= 0.6 is 0 Å². The number of hydrogen-bond acceptors (Lipinski definition) is 3. The normalized spacial score (nSPS) is 28.5. The van der Waals surface area contributed by atoms with E-state index in [1.54, 1.807) is 6.92 Å². The summed E-state index contributed by atoms with van der Waals surface area (Å²) >= 11 is 0. The molecule has 1 amide bonds. The highest BCUT2D eigenvalue weighted by Gasteiger charge is 2.19. The van der Waals surface area contributed by atoms with Gasteiger partial charge in [0.1, 0.15) is 0 Å². The maximum absolute atomic E-state index is 10.9. The van der Waals surface area contributed by atoms with E-state index in [1.165, 1.54) is 0 Å². The largest absolute Gasteiger partial charge is 0.328 e. The molecule has 0 heterocycles. The highest BCUT2D eigenvalue weighted by atomic mass is 16.7. The van der Waals surface area contributed by atoms with Gasteiger partial charge in [0.15, 0.2) is 0 Å². The Bertz CT molecular complexity index is 165. The number of hydrogen-bond donors (Lipinski definition) is 2. The summed E-state index contributed by atoms with van der Waals surface area (Å²) in [7, 11) is 0. The maximum atomic E-state index is 10.9. The highest BCUT2D eigenvalue weighted by Crippen LogP contribution is 2.18. The van der Waals surface area contributed by atoms with Crippen molar-refractivity contribution >= 4 is 5.91 Å². The van der Waals surface area contributed by atoms with Crippen molar-refractivity contribution in [2.24, 2.45) is 5.73 Å². The van der Waals surface area contributed by atoms with E-state index in [0.29, 0.717) is 12.5 Å². The third-order valence-corrected chi connectivity index (χ3v) is 2.38. The second-order valence-corrected chi connectivity index (χ2v) is 3.53.